The van der Waals surface area contributed by atoms with E-state index in [1.807, 2.05) is 38.1 Å². The number of nitrogens with zero attached hydrogens (tertiary/aromatic N) is 3. The molecule has 0 aliphatic carbocycles. The lowest BCUT2D eigenvalue weighted by atomic mass is 10.1. The Bertz CT molecular complexity index is 739. The number of amides is 1. The normalized spacial score (nSPS) is 10.9. The zero-order valence-electron chi connectivity index (χ0n) is 14.8. The first-order chi connectivity index (χ1) is 11.9. The summed E-state index contributed by atoms with van der Waals surface area (Å²) in [5, 5.41) is 11.1. The van der Waals surface area contributed by atoms with Crippen molar-refractivity contribution in [3.8, 4) is 0 Å². The Balaban J connectivity index is 2.15. The largest absolute Gasteiger partial charge is 0.464 e. The van der Waals surface area contributed by atoms with E-state index in [9.17, 15) is 14.9 Å². The molecule has 0 fully saturated rings. The fourth-order valence-corrected chi connectivity index (χ4v) is 2.48. The third-order valence-electron chi connectivity index (χ3n) is 3.84. The van der Waals surface area contributed by atoms with Crippen LogP contribution in [0.15, 0.2) is 40.8 Å². The molecule has 7 heteroatoms. The van der Waals surface area contributed by atoms with Crippen molar-refractivity contribution < 1.29 is 14.1 Å². The van der Waals surface area contributed by atoms with Crippen molar-refractivity contribution >= 4 is 11.6 Å². The van der Waals surface area contributed by atoms with Crippen molar-refractivity contribution in [2.75, 3.05) is 27.2 Å². The highest BCUT2D eigenvalue weighted by molar-refractivity contribution is 5.80. The average molecular weight is 345 g/mol. The number of carbonyl (C=O) groups excluding carboxylic acids is 1. The van der Waals surface area contributed by atoms with Crippen LogP contribution in [-0.4, -0.2) is 47.8 Å². The molecule has 0 unspecified atom stereocenters. The standard InChI is InChI=1S/C18H23N3O4/c1-14-8-9-16(25-14)13-20(11-10-19(2)3)18(22)12-15-6-4-5-7-17(15)21(23)24/h4-9H,10-13H2,1-3H3. The maximum Gasteiger partial charge on any atom is 0.273 e. The zero-order valence-corrected chi connectivity index (χ0v) is 14.8. The smallest absolute Gasteiger partial charge is 0.273 e. The van der Waals surface area contributed by atoms with Gasteiger partial charge in [-0.3, -0.25) is 14.9 Å². The predicted octanol–water partition coefficient (Wildman–Crippen LogP) is 2.63. The van der Waals surface area contributed by atoms with Gasteiger partial charge in [0, 0.05) is 24.7 Å². The zero-order chi connectivity index (χ0) is 18.4. The van der Waals surface area contributed by atoms with Crippen LogP contribution in [0.4, 0.5) is 5.69 Å². The number of hydrogen-bond acceptors (Lipinski definition) is 5. The number of para-hydroxylation sites is 1. The second-order valence-corrected chi connectivity index (χ2v) is 6.19. The Labute approximate surface area is 147 Å². The molecule has 1 aromatic carbocycles. The van der Waals surface area contributed by atoms with Gasteiger partial charge in [0.25, 0.3) is 5.69 Å². The molecule has 1 amide bonds. The number of aryl methyl sites for hydroxylation is 1. The van der Waals surface area contributed by atoms with E-state index in [0.717, 1.165) is 5.76 Å². The molecule has 0 bridgehead atoms. The first-order valence-electron chi connectivity index (χ1n) is 8.07. The first-order valence-corrected chi connectivity index (χ1v) is 8.07. The number of nitro groups is 1. The molecule has 7 nitrogen and oxygen atoms in total. The average Bonchev–Trinajstić information content (AvgIpc) is 2.96. The van der Waals surface area contributed by atoms with E-state index >= 15 is 0 Å². The highest BCUT2D eigenvalue weighted by atomic mass is 16.6. The molecule has 0 N–H and O–H groups in total. The van der Waals surface area contributed by atoms with Crippen molar-refractivity contribution in [3.05, 3.63) is 63.6 Å². The molecule has 0 saturated carbocycles. The maximum absolute atomic E-state index is 12.8. The lowest BCUT2D eigenvalue weighted by molar-refractivity contribution is -0.385. The van der Waals surface area contributed by atoms with E-state index in [-0.39, 0.29) is 18.0 Å². The van der Waals surface area contributed by atoms with Gasteiger partial charge in [-0.1, -0.05) is 18.2 Å². The highest BCUT2D eigenvalue weighted by Crippen LogP contribution is 2.19. The Morgan fingerprint density at radius 3 is 2.48 bits per heavy atom. The summed E-state index contributed by atoms with van der Waals surface area (Å²) >= 11 is 0. The van der Waals surface area contributed by atoms with Crippen LogP contribution in [-0.2, 0) is 17.8 Å². The van der Waals surface area contributed by atoms with E-state index in [2.05, 4.69) is 0 Å². The van der Waals surface area contributed by atoms with Crippen molar-refractivity contribution in [3.63, 3.8) is 0 Å². The summed E-state index contributed by atoms with van der Waals surface area (Å²) in [5.41, 5.74) is 0.389. The van der Waals surface area contributed by atoms with Crippen LogP contribution in [0.2, 0.25) is 0 Å². The molecule has 2 rings (SSSR count). The molecule has 0 aliphatic rings. The number of nitro benzene ring substituents is 1. The van der Waals surface area contributed by atoms with Gasteiger partial charge in [0.2, 0.25) is 5.91 Å². The maximum atomic E-state index is 12.8. The van der Waals surface area contributed by atoms with Gasteiger partial charge in [-0.05, 0) is 33.2 Å². The quantitative estimate of drug-likeness (QED) is 0.543. The van der Waals surface area contributed by atoms with Gasteiger partial charge in [0.05, 0.1) is 17.9 Å². The van der Waals surface area contributed by atoms with Crippen molar-refractivity contribution in [1.82, 2.24) is 9.80 Å². The van der Waals surface area contributed by atoms with E-state index in [0.29, 0.717) is 31.0 Å². The molecule has 0 radical (unpaired) electrons. The van der Waals surface area contributed by atoms with Crippen molar-refractivity contribution in [1.29, 1.82) is 0 Å². The molecular formula is C18H23N3O4. The van der Waals surface area contributed by atoms with E-state index < -0.39 is 4.92 Å². The molecule has 2 aromatic rings. The van der Waals surface area contributed by atoms with Gasteiger partial charge in [-0.2, -0.15) is 0 Å². The second kappa shape index (κ2) is 8.43. The number of likely N-dealkylation sites (N-methyl/N-ethyl adjacent to an activating group) is 1. The second-order valence-electron chi connectivity index (χ2n) is 6.19. The number of carbonyl (C=O) groups is 1. The highest BCUT2D eigenvalue weighted by Gasteiger charge is 2.21. The molecular weight excluding hydrogens is 322 g/mol. The Hall–Kier alpha value is -2.67. The molecule has 1 aromatic heterocycles. The monoisotopic (exact) mass is 345 g/mol. The molecule has 134 valence electrons. The minimum Gasteiger partial charge on any atom is -0.464 e. The minimum atomic E-state index is -0.456. The number of hydrogen-bond donors (Lipinski definition) is 0. The van der Waals surface area contributed by atoms with Crippen molar-refractivity contribution in [2.24, 2.45) is 0 Å². The Kier molecular flexibility index (Phi) is 6.30. The summed E-state index contributed by atoms with van der Waals surface area (Å²) in [6.45, 7) is 3.42. The Morgan fingerprint density at radius 1 is 1.16 bits per heavy atom. The number of rotatable bonds is 8. The van der Waals surface area contributed by atoms with Crippen LogP contribution >= 0.6 is 0 Å². The van der Waals surface area contributed by atoms with Gasteiger partial charge in [0.1, 0.15) is 11.5 Å². The molecule has 0 atom stereocenters. The van der Waals surface area contributed by atoms with Gasteiger partial charge in [0.15, 0.2) is 0 Å². The fourth-order valence-electron chi connectivity index (χ4n) is 2.48. The minimum absolute atomic E-state index is 0.00965. The number of furan rings is 1. The van der Waals surface area contributed by atoms with Crippen molar-refractivity contribution in [2.45, 2.75) is 19.9 Å². The summed E-state index contributed by atoms with van der Waals surface area (Å²) in [6, 6.07) is 10.0. The SMILES string of the molecule is Cc1ccc(CN(CCN(C)C)C(=O)Cc2ccccc2[N+](=O)[O-])o1. The summed E-state index contributed by atoms with van der Waals surface area (Å²) in [6.07, 6.45) is -0.00965. The summed E-state index contributed by atoms with van der Waals surface area (Å²) in [7, 11) is 3.86. The lowest BCUT2D eigenvalue weighted by Gasteiger charge is -2.23. The van der Waals surface area contributed by atoms with Gasteiger partial charge < -0.3 is 14.2 Å². The molecule has 0 spiro atoms. The first kappa shape index (κ1) is 18.7. The van der Waals surface area contributed by atoms with E-state index in [1.54, 1.807) is 23.1 Å². The predicted molar refractivity (Wildman–Crippen MR) is 94.2 cm³/mol. The molecule has 0 saturated heterocycles. The van der Waals surface area contributed by atoms with Crippen LogP contribution in [0.3, 0.4) is 0 Å². The number of benzene rings is 1. The third-order valence-corrected chi connectivity index (χ3v) is 3.84. The molecule has 0 aliphatic heterocycles. The van der Waals surface area contributed by atoms with E-state index in [1.165, 1.54) is 6.07 Å². The molecule has 25 heavy (non-hydrogen) atoms. The summed E-state index contributed by atoms with van der Waals surface area (Å²) in [4.78, 5) is 27.1. The van der Waals surface area contributed by atoms with Crippen LogP contribution in [0.5, 0.6) is 0 Å². The fraction of sp³-hybridized carbons (Fsp3) is 0.389. The van der Waals surface area contributed by atoms with Crippen LogP contribution in [0.1, 0.15) is 17.1 Å². The van der Waals surface area contributed by atoms with Crippen LogP contribution < -0.4 is 0 Å². The summed E-state index contributed by atoms with van der Waals surface area (Å²) in [5.74, 6) is 1.33. The van der Waals surface area contributed by atoms with Crippen LogP contribution in [0.25, 0.3) is 0 Å². The third kappa shape index (κ3) is 5.42. The summed E-state index contributed by atoms with van der Waals surface area (Å²) < 4.78 is 5.57. The van der Waals surface area contributed by atoms with Crippen LogP contribution in [0, 0.1) is 17.0 Å². The van der Waals surface area contributed by atoms with Gasteiger partial charge >= 0.3 is 0 Å². The topological polar surface area (TPSA) is 79.8 Å². The van der Waals surface area contributed by atoms with Gasteiger partial charge in [-0.25, -0.2) is 0 Å². The Morgan fingerprint density at radius 2 is 1.88 bits per heavy atom. The lowest BCUT2D eigenvalue weighted by Crippen LogP contribution is -2.37. The van der Waals surface area contributed by atoms with E-state index in [4.69, 9.17) is 4.42 Å². The molecule has 1 heterocycles. The van der Waals surface area contributed by atoms with Gasteiger partial charge in [-0.15, -0.1) is 0 Å².